The molecule has 1 atom stereocenters. The molecule has 3 N–H and O–H groups in total. The molecule has 0 saturated heterocycles. The molecule has 0 bridgehead atoms. The van der Waals surface area contributed by atoms with Gasteiger partial charge in [0.15, 0.2) is 0 Å². The number of halogens is 1. The Morgan fingerprint density at radius 3 is 2.32 bits per heavy atom. The number of nitrogens with two attached hydrogens (primary N) is 1. The van der Waals surface area contributed by atoms with Gasteiger partial charge in [0.1, 0.15) is 0 Å². The number of hydrogen-bond acceptors (Lipinski definition) is 2. The standard InChI is InChI=1S/C15H15BrN2S/c16-12-6-8-13(9-7-12)19-14(10-15(17)18)11-4-2-1-3-5-11/h1-9,14H,10H2,(H3,17,18). The molecule has 0 radical (unpaired) electrons. The van der Waals surface area contributed by atoms with Gasteiger partial charge in [-0.15, -0.1) is 11.8 Å². The summed E-state index contributed by atoms with van der Waals surface area (Å²) >= 11 is 5.17. The number of benzene rings is 2. The van der Waals surface area contributed by atoms with Crippen molar-refractivity contribution in [2.75, 3.05) is 0 Å². The highest BCUT2D eigenvalue weighted by atomic mass is 79.9. The maximum absolute atomic E-state index is 7.53. The normalized spacial score (nSPS) is 12.1. The molecule has 0 aliphatic carbocycles. The zero-order chi connectivity index (χ0) is 13.7. The summed E-state index contributed by atoms with van der Waals surface area (Å²) in [4.78, 5) is 1.18. The molecule has 0 heterocycles. The summed E-state index contributed by atoms with van der Waals surface area (Å²) in [5, 5.41) is 7.71. The SMILES string of the molecule is N=C(N)CC(Sc1ccc(Br)cc1)c1ccccc1. The van der Waals surface area contributed by atoms with Crippen molar-refractivity contribution in [1.82, 2.24) is 0 Å². The maximum atomic E-state index is 7.53. The van der Waals surface area contributed by atoms with Crippen LogP contribution in [0, 0.1) is 5.41 Å². The van der Waals surface area contributed by atoms with E-state index in [1.54, 1.807) is 11.8 Å². The van der Waals surface area contributed by atoms with E-state index in [2.05, 4.69) is 40.2 Å². The van der Waals surface area contributed by atoms with Gasteiger partial charge in [-0.2, -0.15) is 0 Å². The van der Waals surface area contributed by atoms with E-state index in [-0.39, 0.29) is 11.1 Å². The van der Waals surface area contributed by atoms with Crippen molar-refractivity contribution in [3.8, 4) is 0 Å². The molecule has 2 aromatic carbocycles. The fourth-order valence-corrected chi connectivity index (χ4v) is 3.21. The van der Waals surface area contributed by atoms with Crippen LogP contribution in [0.15, 0.2) is 64.0 Å². The first-order valence-electron chi connectivity index (χ1n) is 5.95. The lowest BCUT2D eigenvalue weighted by Gasteiger charge is -2.16. The maximum Gasteiger partial charge on any atom is 0.0920 e. The third-order valence-corrected chi connectivity index (χ3v) is 4.46. The molecule has 2 nitrogen and oxygen atoms in total. The summed E-state index contributed by atoms with van der Waals surface area (Å²) in [6.45, 7) is 0. The Morgan fingerprint density at radius 1 is 1.11 bits per heavy atom. The van der Waals surface area contributed by atoms with Crippen LogP contribution >= 0.6 is 27.7 Å². The Morgan fingerprint density at radius 2 is 1.74 bits per heavy atom. The van der Waals surface area contributed by atoms with Crippen molar-refractivity contribution in [2.24, 2.45) is 5.73 Å². The predicted octanol–water partition coefficient (Wildman–Crippen LogP) is 4.61. The first-order chi connectivity index (χ1) is 9.15. The Balaban J connectivity index is 2.19. The van der Waals surface area contributed by atoms with Crippen LogP contribution in [0.1, 0.15) is 17.2 Å². The number of nitrogens with one attached hydrogen (secondary N) is 1. The first kappa shape index (κ1) is 14.2. The lowest BCUT2D eigenvalue weighted by Crippen LogP contribution is -2.13. The van der Waals surface area contributed by atoms with Gasteiger partial charge in [0.25, 0.3) is 0 Å². The fourth-order valence-electron chi connectivity index (χ4n) is 1.77. The predicted molar refractivity (Wildman–Crippen MR) is 85.7 cm³/mol. The zero-order valence-electron chi connectivity index (χ0n) is 10.3. The third kappa shape index (κ3) is 4.40. The van der Waals surface area contributed by atoms with Crippen molar-refractivity contribution in [2.45, 2.75) is 16.6 Å². The molecule has 0 amide bonds. The van der Waals surface area contributed by atoms with E-state index in [4.69, 9.17) is 11.1 Å². The van der Waals surface area contributed by atoms with Crippen LogP contribution in [-0.4, -0.2) is 5.84 Å². The van der Waals surface area contributed by atoms with E-state index >= 15 is 0 Å². The van der Waals surface area contributed by atoms with E-state index < -0.39 is 0 Å². The first-order valence-corrected chi connectivity index (χ1v) is 7.62. The molecule has 1 unspecified atom stereocenters. The number of amidine groups is 1. The van der Waals surface area contributed by atoms with Crippen molar-refractivity contribution in [3.05, 3.63) is 64.6 Å². The molecule has 0 aliphatic rings. The van der Waals surface area contributed by atoms with Gasteiger partial charge >= 0.3 is 0 Å². The van der Waals surface area contributed by atoms with Gasteiger partial charge in [0.05, 0.1) is 5.84 Å². The summed E-state index contributed by atoms with van der Waals surface area (Å²) in [6, 6.07) is 18.4. The molecular weight excluding hydrogens is 320 g/mol. The molecule has 2 aromatic rings. The van der Waals surface area contributed by atoms with Gasteiger partial charge in [0, 0.05) is 21.0 Å². The minimum atomic E-state index is 0.180. The Kier molecular flexibility index (Phi) is 5.05. The van der Waals surface area contributed by atoms with Crippen LogP contribution in [0.4, 0.5) is 0 Å². The smallest absolute Gasteiger partial charge is 0.0920 e. The Hall–Kier alpha value is -1.26. The molecule has 0 spiro atoms. The van der Waals surface area contributed by atoms with E-state index in [1.807, 2.05) is 30.3 Å². The highest BCUT2D eigenvalue weighted by Crippen LogP contribution is 2.37. The van der Waals surface area contributed by atoms with E-state index in [0.29, 0.717) is 6.42 Å². The summed E-state index contributed by atoms with van der Waals surface area (Å²) in [5.74, 6) is 0.221. The minimum Gasteiger partial charge on any atom is -0.388 e. The summed E-state index contributed by atoms with van der Waals surface area (Å²) in [6.07, 6.45) is 0.560. The number of thioether (sulfide) groups is 1. The monoisotopic (exact) mass is 334 g/mol. The average molecular weight is 335 g/mol. The van der Waals surface area contributed by atoms with Crippen molar-refractivity contribution >= 4 is 33.5 Å². The van der Waals surface area contributed by atoms with Gasteiger partial charge in [0.2, 0.25) is 0 Å². The average Bonchev–Trinajstić information content (AvgIpc) is 2.41. The molecule has 0 saturated carbocycles. The van der Waals surface area contributed by atoms with Crippen molar-refractivity contribution in [3.63, 3.8) is 0 Å². The molecule has 4 heteroatoms. The third-order valence-electron chi connectivity index (χ3n) is 2.67. The van der Waals surface area contributed by atoms with E-state index in [1.165, 1.54) is 10.5 Å². The summed E-state index contributed by atoms with van der Waals surface area (Å²) < 4.78 is 1.07. The topological polar surface area (TPSA) is 49.9 Å². The second-order valence-corrected chi connectivity index (χ2v) is 6.39. The molecule has 19 heavy (non-hydrogen) atoms. The minimum absolute atomic E-state index is 0.180. The van der Waals surface area contributed by atoms with Crippen LogP contribution in [-0.2, 0) is 0 Å². The number of hydrogen-bond donors (Lipinski definition) is 2. The van der Waals surface area contributed by atoms with Gasteiger partial charge in [-0.3, -0.25) is 5.41 Å². The van der Waals surface area contributed by atoms with Gasteiger partial charge < -0.3 is 5.73 Å². The van der Waals surface area contributed by atoms with Gasteiger partial charge in [-0.05, 0) is 29.8 Å². The van der Waals surface area contributed by atoms with Crippen LogP contribution in [0.2, 0.25) is 0 Å². The van der Waals surface area contributed by atoms with E-state index in [9.17, 15) is 0 Å². The van der Waals surface area contributed by atoms with Crippen molar-refractivity contribution in [1.29, 1.82) is 5.41 Å². The molecular formula is C15H15BrN2S. The Labute approximate surface area is 126 Å². The molecule has 0 aliphatic heterocycles. The highest BCUT2D eigenvalue weighted by Gasteiger charge is 2.14. The molecule has 2 rings (SSSR count). The van der Waals surface area contributed by atoms with Crippen LogP contribution in [0.3, 0.4) is 0 Å². The zero-order valence-corrected chi connectivity index (χ0v) is 12.7. The van der Waals surface area contributed by atoms with Gasteiger partial charge in [-0.1, -0.05) is 46.3 Å². The summed E-state index contributed by atoms with van der Waals surface area (Å²) in [5.41, 5.74) is 6.77. The molecule has 0 fully saturated rings. The van der Waals surface area contributed by atoms with Crippen molar-refractivity contribution < 1.29 is 0 Å². The van der Waals surface area contributed by atoms with E-state index in [0.717, 1.165) is 4.47 Å². The molecule has 98 valence electrons. The van der Waals surface area contributed by atoms with Crippen LogP contribution < -0.4 is 5.73 Å². The second-order valence-electron chi connectivity index (χ2n) is 4.20. The van der Waals surface area contributed by atoms with Gasteiger partial charge in [-0.25, -0.2) is 0 Å². The second kappa shape index (κ2) is 6.78. The lowest BCUT2D eigenvalue weighted by molar-refractivity contribution is 0.985. The number of rotatable bonds is 5. The largest absolute Gasteiger partial charge is 0.388 e. The lowest BCUT2D eigenvalue weighted by atomic mass is 10.1. The van der Waals surface area contributed by atoms with Crippen LogP contribution in [0.5, 0.6) is 0 Å². The fraction of sp³-hybridized carbons (Fsp3) is 0.133. The molecule has 0 aromatic heterocycles. The van der Waals surface area contributed by atoms with Crippen LogP contribution in [0.25, 0.3) is 0 Å². The highest BCUT2D eigenvalue weighted by molar-refractivity contribution is 9.10. The quantitative estimate of drug-likeness (QED) is 0.476. The summed E-state index contributed by atoms with van der Waals surface area (Å²) in [7, 11) is 0. The Bertz CT molecular complexity index is 540.